The largest absolute Gasteiger partial charge is 0.361 e. The number of hydrogen-bond donors (Lipinski definition) is 1. The van der Waals surface area contributed by atoms with Crippen LogP contribution in [-0.4, -0.2) is 15.1 Å². The van der Waals surface area contributed by atoms with Crippen LogP contribution in [0.15, 0.2) is 40.9 Å². The molecule has 26 heavy (non-hydrogen) atoms. The second-order valence-corrected chi connectivity index (χ2v) is 7.38. The van der Waals surface area contributed by atoms with Gasteiger partial charge in [-0.1, -0.05) is 35.0 Å². The van der Waals surface area contributed by atoms with E-state index in [2.05, 4.69) is 53.5 Å². The topological polar surface area (TPSA) is 54.7 Å². The number of fused-ring (bicyclic) bond motifs is 1. The zero-order valence-electron chi connectivity index (χ0n) is 15.3. The SMILES string of the molecule is Cc1ccc(-c2cc(-c3c(C)noc3C)cc3nc(C4CC4)[nH]c23)cc1. The third-order valence-corrected chi connectivity index (χ3v) is 5.26. The monoisotopic (exact) mass is 343 g/mol. The summed E-state index contributed by atoms with van der Waals surface area (Å²) < 4.78 is 5.40. The quantitative estimate of drug-likeness (QED) is 0.520. The Bertz CT molecular complexity index is 1090. The molecule has 0 amide bonds. The number of aryl methyl sites for hydroxylation is 3. The highest BCUT2D eigenvalue weighted by Gasteiger charge is 2.27. The molecule has 1 aliphatic carbocycles. The molecular formula is C22H21N3O. The third kappa shape index (κ3) is 2.45. The fourth-order valence-electron chi connectivity index (χ4n) is 3.68. The molecule has 130 valence electrons. The lowest BCUT2D eigenvalue weighted by molar-refractivity contribution is 0.393. The first-order chi connectivity index (χ1) is 12.6. The van der Waals surface area contributed by atoms with E-state index in [-0.39, 0.29) is 0 Å². The number of nitrogens with one attached hydrogen (secondary N) is 1. The Kier molecular flexibility index (Phi) is 3.29. The molecule has 4 aromatic rings. The van der Waals surface area contributed by atoms with Crippen molar-refractivity contribution in [2.45, 2.75) is 39.5 Å². The number of nitrogens with zero attached hydrogens (tertiary/aromatic N) is 2. The lowest BCUT2D eigenvalue weighted by Gasteiger charge is -2.08. The predicted molar refractivity (Wildman–Crippen MR) is 103 cm³/mol. The van der Waals surface area contributed by atoms with Gasteiger partial charge in [-0.05, 0) is 56.9 Å². The number of rotatable bonds is 3. The third-order valence-electron chi connectivity index (χ3n) is 5.26. The number of hydrogen-bond acceptors (Lipinski definition) is 3. The van der Waals surface area contributed by atoms with Crippen LogP contribution in [0.25, 0.3) is 33.3 Å². The van der Waals surface area contributed by atoms with E-state index >= 15 is 0 Å². The minimum atomic E-state index is 0.593. The van der Waals surface area contributed by atoms with E-state index in [1.807, 2.05) is 13.8 Å². The normalized spacial score (nSPS) is 14.3. The first kappa shape index (κ1) is 15.4. The maximum absolute atomic E-state index is 5.40. The molecule has 0 bridgehead atoms. The summed E-state index contributed by atoms with van der Waals surface area (Å²) >= 11 is 0. The molecule has 1 fully saturated rings. The molecule has 2 heterocycles. The maximum atomic E-state index is 5.40. The van der Waals surface area contributed by atoms with Crippen molar-refractivity contribution in [3.05, 3.63) is 59.2 Å². The van der Waals surface area contributed by atoms with Crippen LogP contribution in [0.4, 0.5) is 0 Å². The van der Waals surface area contributed by atoms with Gasteiger partial charge in [-0.15, -0.1) is 0 Å². The molecule has 0 spiro atoms. The molecule has 4 nitrogen and oxygen atoms in total. The van der Waals surface area contributed by atoms with E-state index in [0.717, 1.165) is 39.4 Å². The Morgan fingerprint density at radius 2 is 1.77 bits per heavy atom. The van der Waals surface area contributed by atoms with Crippen LogP contribution in [0.3, 0.4) is 0 Å². The van der Waals surface area contributed by atoms with E-state index in [4.69, 9.17) is 9.51 Å². The summed E-state index contributed by atoms with van der Waals surface area (Å²) in [5, 5.41) is 4.13. The first-order valence-electron chi connectivity index (χ1n) is 9.14. The van der Waals surface area contributed by atoms with Crippen LogP contribution in [0.2, 0.25) is 0 Å². The fraction of sp³-hybridized carbons (Fsp3) is 0.273. The second-order valence-electron chi connectivity index (χ2n) is 7.38. The number of imidazole rings is 1. The number of benzene rings is 2. The highest BCUT2D eigenvalue weighted by Crippen LogP contribution is 2.41. The molecule has 0 saturated heterocycles. The van der Waals surface area contributed by atoms with Gasteiger partial charge in [0.25, 0.3) is 0 Å². The van der Waals surface area contributed by atoms with Crippen molar-refractivity contribution in [1.29, 1.82) is 0 Å². The van der Waals surface area contributed by atoms with Crippen LogP contribution < -0.4 is 0 Å². The van der Waals surface area contributed by atoms with Crippen molar-refractivity contribution in [3.63, 3.8) is 0 Å². The van der Waals surface area contributed by atoms with Gasteiger partial charge in [0.1, 0.15) is 11.6 Å². The fourth-order valence-corrected chi connectivity index (χ4v) is 3.68. The first-order valence-corrected chi connectivity index (χ1v) is 9.14. The van der Waals surface area contributed by atoms with E-state index in [1.54, 1.807) is 0 Å². The number of aromatic nitrogens is 3. The average Bonchev–Trinajstić information content (AvgIpc) is 3.31. The molecule has 2 aromatic heterocycles. The Morgan fingerprint density at radius 3 is 2.42 bits per heavy atom. The molecule has 0 atom stereocenters. The smallest absolute Gasteiger partial charge is 0.141 e. The summed E-state index contributed by atoms with van der Waals surface area (Å²) in [5.74, 6) is 2.55. The van der Waals surface area contributed by atoms with E-state index in [0.29, 0.717) is 5.92 Å². The molecule has 1 saturated carbocycles. The van der Waals surface area contributed by atoms with Crippen molar-refractivity contribution in [1.82, 2.24) is 15.1 Å². The number of aromatic amines is 1. The Labute approximate surface area is 152 Å². The van der Waals surface area contributed by atoms with Crippen LogP contribution in [0.1, 0.15) is 41.6 Å². The summed E-state index contributed by atoms with van der Waals surface area (Å²) in [6.07, 6.45) is 2.47. The lowest BCUT2D eigenvalue weighted by atomic mass is 9.96. The van der Waals surface area contributed by atoms with Gasteiger partial charge < -0.3 is 9.51 Å². The van der Waals surface area contributed by atoms with Crippen LogP contribution in [-0.2, 0) is 0 Å². The molecule has 1 aliphatic rings. The molecule has 5 rings (SSSR count). The molecule has 4 heteroatoms. The van der Waals surface area contributed by atoms with E-state index in [1.165, 1.54) is 29.5 Å². The minimum Gasteiger partial charge on any atom is -0.361 e. The molecule has 1 N–H and O–H groups in total. The standard InChI is InChI=1S/C22H21N3O/c1-12-4-6-15(7-5-12)18-10-17(20-13(2)25-26-14(20)3)11-19-21(18)24-22(23-19)16-8-9-16/h4-7,10-11,16H,8-9H2,1-3H3,(H,23,24). The molecular weight excluding hydrogens is 322 g/mol. The molecule has 0 unspecified atom stereocenters. The van der Waals surface area contributed by atoms with Crippen LogP contribution >= 0.6 is 0 Å². The molecule has 0 radical (unpaired) electrons. The van der Waals surface area contributed by atoms with Gasteiger partial charge in [0.15, 0.2) is 0 Å². The van der Waals surface area contributed by atoms with Crippen molar-refractivity contribution in [2.24, 2.45) is 0 Å². The van der Waals surface area contributed by atoms with Crippen molar-refractivity contribution >= 4 is 11.0 Å². The summed E-state index contributed by atoms with van der Waals surface area (Å²) in [7, 11) is 0. The van der Waals surface area contributed by atoms with Gasteiger partial charge in [-0.3, -0.25) is 0 Å². The highest BCUT2D eigenvalue weighted by molar-refractivity contribution is 5.96. The summed E-state index contributed by atoms with van der Waals surface area (Å²) in [4.78, 5) is 8.49. The summed E-state index contributed by atoms with van der Waals surface area (Å²) in [6, 6.07) is 13.1. The summed E-state index contributed by atoms with van der Waals surface area (Å²) in [5.41, 5.74) is 8.85. The zero-order chi connectivity index (χ0) is 17.8. The maximum Gasteiger partial charge on any atom is 0.141 e. The van der Waals surface area contributed by atoms with Gasteiger partial charge in [0.2, 0.25) is 0 Å². The molecule has 2 aromatic carbocycles. The van der Waals surface area contributed by atoms with Crippen molar-refractivity contribution in [3.8, 4) is 22.3 Å². The van der Waals surface area contributed by atoms with Crippen LogP contribution in [0.5, 0.6) is 0 Å². The molecule has 0 aliphatic heterocycles. The van der Waals surface area contributed by atoms with Gasteiger partial charge in [0.05, 0.1) is 16.7 Å². The van der Waals surface area contributed by atoms with Gasteiger partial charge in [-0.2, -0.15) is 0 Å². The van der Waals surface area contributed by atoms with Crippen molar-refractivity contribution in [2.75, 3.05) is 0 Å². The van der Waals surface area contributed by atoms with Crippen LogP contribution in [0, 0.1) is 20.8 Å². The predicted octanol–water partition coefficient (Wildman–Crippen LogP) is 5.69. The van der Waals surface area contributed by atoms with Crippen molar-refractivity contribution < 1.29 is 4.52 Å². The Balaban J connectivity index is 1.78. The minimum absolute atomic E-state index is 0.593. The Morgan fingerprint density at radius 1 is 1.00 bits per heavy atom. The van der Waals surface area contributed by atoms with Gasteiger partial charge >= 0.3 is 0 Å². The second kappa shape index (κ2) is 5.56. The van der Waals surface area contributed by atoms with E-state index < -0.39 is 0 Å². The van der Waals surface area contributed by atoms with E-state index in [9.17, 15) is 0 Å². The lowest BCUT2D eigenvalue weighted by Crippen LogP contribution is -1.87. The average molecular weight is 343 g/mol. The van der Waals surface area contributed by atoms with Gasteiger partial charge in [0, 0.05) is 17.0 Å². The summed E-state index contributed by atoms with van der Waals surface area (Å²) in [6.45, 7) is 6.06. The zero-order valence-corrected chi connectivity index (χ0v) is 15.3. The highest BCUT2D eigenvalue weighted by atomic mass is 16.5. The Hall–Kier alpha value is -2.88. The van der Waals surface area contributed by atoms with Gasteiger partial charge in [-0.25, -0.2) is 4.98 Å². The number of H-pyrrole nitrogens is 1.